The zero-order valence-corrected chi connectivity index (χ0v) is 6.83. The van der Waals surface area contributed by atoms with E-state index in [1.54, 1.807) is 0 Å². The molecule has 0 unspecified atom stereocenters. The van der Waals surface area contributed by atoms with Crippen molar-refractivity contribution < 1.29 is 19.1 Å². The van der Waals surface area contributed by atoms with Gasteiger partial charge in [0.2, 0.25) is 5.78 Å². The quantitative estimate of drug-likeness (QED) is 0.257. The Bertz CT molecular complexity index is 217. The minimum absolute atomic E-state index is 0.0159. The van der Waals surface area contributed by atoms with Gasteiger partial charge >= 0.3 is 11.8 Å². The van der Waals surface area contributed by atoms with Gasteiger partial charge < -0.3 is 4.74 Å². The van der Waals surface area contributed by atoms with E-state index in [1.165, 1.54) is 13.0 Å². The van der Waals surface area contributed by atoms with Crippen LogP contribution >= 0.6 is 0 Å². The third kappa shape index (κ3) is 3.09. The van der Waals surface area contributed by atoms with Crippen LogP contribution in [0.1, 0.15) is 13.3 Å². The summed E-state index contributed by atoms with van der Waals surface area (Å²) >= 11 is 0. The van der Waals surface area contributed by atoms with Crippen molar-refractivity contribution in [2.45, 2.75) is 13.3 Å². The molecule has 0 spiro atoms. The van der Waals surface area contributed by atoms with E-state index in [0.29, 0.717) is 0 Å². The summed E-state index contributed by atoms with van der Waals surface area (Å²) in [5.74, 6) is -2.94. The van der Waals surface area contributed by atoms with Gasteiger partial charge in [-0.1, -0.05) is 19.6 Å². The Balaban J connectivity index is 4.01. The number of carbonyl (C=O) groups is 3. The van der Waals surface area contributed by atoms with Crippen LogP contribution in [0.4, 0.5) is 0 Å². The maximum Gasteiger partial charge on any atom is 0.383 e. The first-order valence-corrected chi connectivity index (χ1v) is 3.48. The minimum atomic E-state index is -1.11. The first kappa shape index (κ1) is 10.6. The molecule has 0 atom stereocenters. The highest BCUT2D eigenvalue weighted by Crippen LogP contribution is 1.88. The molecule has 0 rings (SSSR count). The average molecular weight is 170 g/mol. The van der Waals surface area contributed by atoms with Crippen LogP contribution < -0.4 is 0 Å². The van der Waals surface area contributed by atoms with Crippen LogP contribution in [0.5, 0.6) is 0 Å². The number of Topliss-reactive ketones (excluding diaryl/α,β-unsaturated/α-hetero) is 2. The minimum Gasteiger partial charge on any atom is -0.455 e. The number of hydrogen-bond acceptors (Lipinski definition) is 4. The molecule has 0 aliphatic carbocycles. The van der Waals surface area contributed by atoms with Crippen molar-refractivity contribution in [2.75, 3.05) is 6.61 Å². The average Bonchev–Trinajstić information content (AvgIpc) is 2.11. The van der Waals surface area contributed by atoms with E-state index in [0.717, 1.165) is 0 Å². The van der Waals surface area contributed by atoms with Gasteiger partial charge in [0.15, 0.2) is 0 Å². The number of esters is 1. The molecule has 4 heteroatoms. The Labute approximate surface area is 70.2 Å². The van der Waals surface area contributed by atoms with Crippen molar-refractivity contribution in [2.24, 2.45) is 0 Å². The first-order valence-electron chi connectivity index (χ1n) is 3.48. The molecule has 0 saturated carbocycles. The third-order valence-electron chi connectivity index (χ3n) is 1.09. The zero-order chi connectivity index (χ0) is 9.56. The summed E-state index contributed by atoms with van der Waals surface area (Å²) in [5, 5.41) is 0. The van der Waals surface area contributed by atoms with Crippen molar-refractivity contribution in [3.05, 3.63) is 12.7 Å². The molecular formula is C8H10O4. The second kappa shape index (κ2) is 5.23. The highest BCUT2D eigenvalue weighted by molar-refractivity contribution is 6.62. The highest BCUT2D eigenvalue weighted by atomic mass is 16.5. The summed E-state index contributed by atoms with van der Waals surface area (Å²) in [6, 6.07) is 0. The van der Waals surface area contributed by atoms with Crippen LogP contribution in [0.3, 0.4) is 0 Å². The molecule has 4 nitrogen and oxygen atoms in total. The van der Waals surface area contributed by atoms with Gasteiger partial charge in [0.05, 0.1) is 0 Å². The lowest BCUT2D eigenvalue weighted by Crippen LogP contribution is -2.25. The highest BCUT2D eigenvalue weighted by Gasteiger charge is 2.21. The zero-order valence-electron chi connectivity index (χ0n) is 6.83. The molecule has 0 bridgehead atoms. The number of hydrogen-bond donors (Lipinski definition) is 0. The summed E-state index contributed by atoms with van der Waals surface area (Å²) in [7, 11) is 0. The molecule has 0 aliphatic heterocycles. The molecule has 66 valence electrons. The van der Waals surface area contributed by atoms with Crippen molar-refractivity contribution in [3.8, 4) is 0 Å². The lowest BCUT2D eigenvalue weighted by Gasteiger charge is -1.97. The Morgan fingerprint density at radius 1 is 1.42 bits per heavy atom. The molecular weight excluding hydrogens is 160 g/mol. The standard InChI is InChI=1S/C8H10O4/c1-3-5-12-8(11)7(10)6(9)4-2/h3H,1,4-5H2,2H3. The number of rotatable bonds is 5. The molecule has 0 aromatic rings. The second-order valence-electron chi connectivity index (χ2n) is 1.99. The molecule has 0 N–H and O–H groups in total. The van der Waals surface area contributed by atoms with E-state index >= 15 is 0 Å². The van der Waals surface area contributed by atoms with E-state index in [2.05, 4.69) is 11.3 Å². The van der Waals surface area contributed by atoms with Crippen LogP contribution in [-0.4, -0.2) is 24.1 Å². The van der Waals surface area contributed by atoms with Gasteiger partial charge in [0.1, 0.15) is 6.61 Å². The smallest absolute Gasteiger partial charge is 0.383 e. The molecule has 12 heavy (non-hydrogen) atoms. The molecule has 0 aromatic carbocycles. The summed E-state index contributed by atoms with van der Waals surface area (Å²) < 4.78 is 4.35. The molecule has 0 saturated heterocycles. The van der Waals surface area contributed by atoms with Crippen LogP contribution in [0.25, 0.3) is 0 Å². The number of carbonyl (C=O) groups excluding carboxylic acids is 3. The number of ether oxygens (including phenoxy) is 1. The van der Waals surface area contributed by atoms with E-state index in [4.69, 9.17) is 0 Å². The van der Waals surface area contributed by atoms with Crippen molar-refractivity contribution >= 4 is 17.5 Å². The van der Waals surface area contributed by atoms with Crippen molar-refractivity contribution in [3.63, 3.8) is 0 Å². The fraction of sp³-hybridized carbons (Fsp3) is 0.375. The maximum absolute atomic E-state index is 10.7. The predicted molar refractivity (Wildman–Crippen MR) is 41.5 cm³/mol. The van der Waals surface area contributed by atoms with Gasteiger partial charge in [-0.3, -0.25) is 9.59 Å². The maximum atomic E-state index is 10.7. The Kier molecular flexibility index (Phi) is 4.60. The molecule has 0 amide bonds. The van der Waals surface area contributed by atoms with Crippen LogP contribution in [0, 0.1) is 0 Å². The van der Waals surface area contributed by atoms with E-state index < -0.39 is 17.5 Å². The number of ketones is 2. The van der Waals surface area contributed by atoms with Crippen molar-refractivity contribution in [1.82, 2.24) is 0 Å². The molecule has 0 fully saturated rings. The van der Waals surface area contributed by atoms with Crippen LogP contribution in [-0.2, 0) is 19.1 Å². The van der Waals surface area contributed by atoms with Gasteiger partial charge in [-0.15, -0.1) is 0 Å². The lowest BCUT2D eigenvalue weighted by atomic mass is 10.2. The summed E-state index contributed by atoms with van der Waals surface area (Å²) in [5.41, 5.74) is 0. The van der Waals surface area contributed by atoms with E-state index in [1.807, 2.05) is 0 Å². The van der Waals surface area contributed by atoms with E-state index in [-0.39, 0.29) is 13.0 Å². The molecule has 0 heterocycles. The second-order valence-corrected chi connectivity index (χ2v) is 1.99. The van der Waals surface area contributed by atoms with E-state index in [9.17, 15) is 14.4 Å². The van der Waals surface area contributed by atoms with Crippen LogP contribution in [0.2, 0.25) is 0 Å². The molecule has 0 radical (unpaired) electrons. The van der Waals surface area contributed by atoms with Crippen molar-refractivity contribution in [1.29, 1.82) is 0 Å². The first-order chi connectivity index (χ1) is 5.63. The van der Waals surface area contributed by atoms with Gasteiger partial charge in [-0.2, -0.15) is 0 Å². The Morgan fingerprint density at radius 2 is 2.00 bits per heavy atom. The Hall–Kier alpha value is -1.45. The largest absolute Gasteiger partial charge is 0.455 e. The van der Waals surface area contributed by atoms with Gasteiger partial charge in [0, 0.05) is 6.42 Å². The normalized spacial score (nSPS) is 8.75. The predicted octanol–water partition coefficient (Wildman–Crippen LogP) is 0.264. The fourth-order valence-electron chi connectivity index (χ4n) is 0.475. The molecule has 0 aliphatic rings. The topological polar surface area (TPSA) is 60.4 Å². The molecule has 0 aromatic heterocycles. The summed E-state index contributed by atoms with van der Waals surface area (Å²) in [6.07, 6.45) is 1.34. The monoisotopic (exact) mass is 170 g/mol. The lowest BCUT2D eigenvalue weighted by molar-refractivity contribution is -0.156. The fourth-order valence-corrected chi connectivity index (χ4v) is 0.475. The SMILES string of the molecule is C=CCOC(=O)C(=O)C(=O)CC. The Morgan fingerprint density at radius 3 is 2.42 bits per heavy atom. The van der Waals surface area contributed by atoms with Crippen LogP contribution in [0.15, 0.2) is 12.7 Å². The van der Waals surface area contributed by atoms with Gasteiger partial charge in [0.25, 0.3) is 0 Å². The van der Waals surface area contributed by atoms with Gasteiger partial charge in [-0.05, 0) is 0 Å². The summed E-state index contributed by atoms with van der Waals surface area (Å²) in [6.45, 7) is 4.73. The van der Waals surface area contributed by atoms with Gasteiger partial charge in [-0.25, -0.2) is 4.79 Å². The third-order valence-corrected chi connectivity index (χ3v) is 1.09. The summed E-state index contributed by atoms with van der Waals surface area (Å²) in [4.78, 5) is 32.0.